The van der Waals surface area contributed by atoms with Crippen LogP contribution in [-0.4, -0.2) is 36.7 Å². The first-order chi connectivity index (χ1) is 14.4. The molecular weight excluding hydrogens is 431 g/mol. The first-order valence-electron chi connectivity index (χ1n) is 9.37. The van der Waals surface area contributed by atoms with Gasteiger partial charge in [0.15, 0.2) is 6.61 Å². The number of nitrogens with zero attached hydrogens (tertiary/aromatic N) is 3. The highest BCUT2D eigenvalue weighted by atomic mass is 35.5. The topological polar surface area (TPSA) is 97.1 Å². The van der Waals surface area contributed by atoms with E-state index in [4.69, 9.17) is 27.9 Å². The molecule has 2 aromatic carbocycles. The Hall–Kier alpha value is -2.84. The number of piperidine rings is 1. The average Bonchev–Trinajstić information content (AvgIpc) is 2.73. The lowest BCUT2D eigenvalue weighted by Gasteiger charge is -2.29. The molecule has 0 radical (unpaired) electrons. The molecule has 1 aliphatic rings. The van der Waals surface area contributed by atoms with Crippen LogP contribution < -0.4 is 15.1 Å². The summed E-state index contributed by atoms with van der Waals surface area (Å²) in [4.78, 5) is 24.9. The second-order valence-corrected chi connectivity index (χ2v) is 7.55. The monoisotopic (exact) mass is 450 g/mol. The van der Waals surface area contributed by atoms with Crippen LogP contribution in [0.2, 0.25) is 10.0 Å². The van der Waals surface area contributed by atoms with Crippen molar-refractivity contribution >= 4 is 46.7 Å². The van der Waals surface area contributed by atoms with E-state index in [0.717, 1.165) is 31.6 Å². The minimum Gasteiger partial charge on any atom is -0.482 e. The number of ether oxygens (including phenoxy) is 1. The molecule has 0 spiro atoms. The van der Waals surface area contributed by atoms with Crippen LogP contribution in [0.25, 0.3) is 0 Å². The number of nitro groups is 1. The van der Waals surface area contributed by atoms with E-state index < -0.39 is 10.8 Å². The standard InChI is InChI=1S/C20H20Cl2N4O4/c21-15-4-7-19(17(22)11-15)30-13-20(27)24-23-12-14-10-16(26(28)29)5-6-18(14)25-8-2-1-3-9-25/h4-7,10-12H,1-3,8-9,13H2,(H,24,27)/b23-12+. The summed E-state index contributed by atoms with van der Waals surface area (Å²) >= 11 is 11.8. The highest BCUT2D eigenvalue weighted by Gasteiger charge is 2.17. The molecule has 0 atom stereocenters. The van der Waals surface area contributed by atoms with Gasteiger partial charge in [-0.3, -0.25) is 14.9 Å². The van der Waals surface area contributed by atoms with E-state index in [2.05, 4.69) is 15.4 Å². The molecule has 3 rings (SSSR count). The molecule has 0 unspecified atom stereocenters. The first-order valence-corrected chi connectivity index (χ1v) is 10.1. The molecule has 1 fully saturated rings. The smallest absolute Gasteiger partial charge is 0.277 e. The van der Waals surface area contributed by atoms with Gasteiger partial charge in [0.1, 0.15) is 5.75 Å². The Labute approximate surface area is 183 Å². The third kappa shape index (κ3) is 5.84. The molecule has 10 heteroatoms. The van der Waals surface area contributed by atoms with E-state index in [1.54, 1.807) is 18.2 Å². The number of nitro benzene ring substituents is 1. The minimum atomic E-state index is -0.498. The molecule has 0 bridgehead atoms. The van der Waals surface area contributed by atoms with Crippen molar-refractivity contribution in [3.05, 3.63) is 62.1 Å². The summed E-state index contributed by atoms with van der Waals surface area (Å²) in [6, 6.07) is 9.32. The number of anilines is 1. The minimum absolute atomic E-state index is 0.0377. The zero-order valence-corrected chi connectivity index (χ0v) is 17.5. The summed E-state index contributed by atoms with van der Waals surface area (Å²) in [5.74, 6) is -0.173. The van der Waals surface area contributed by atoms with Crippen molar-refractivity contribution in [1.29, 1.82) is 0 Å². The van der Waals surface area contributed by atoms with Gasteiger partial charge in [-0.15, -0.1) is 0 Å². The van der Waals surface area contributed by atoms with Gasteiger partial charge in [0.2, 0.25) is 0 Å². The van der Waals surface area contributed by atoms with Crippen molar-refractivity contribution in [2.24, 2.45) is 5.10 Å². The van der Waals surface area contributed by atoms with Crippen LogP contribution in [0.3, 0.4) is 0 Å². The normalized spacial score (nSPS) is 14.0. The van der Waals surface area contributed by atoms with Gasteiger partial charge < -0.3 is 9.64 Å². The summed E-state index contributed by atoms with van der Waals surface area (Å²) in [6.07, 6.45) is 4.70. The Bertz CT molecular complexity index is 962. The molecule has 0 aliphatic carbocycles. The molecule has 1 heterocycles. The van der Waals surface area contributed by atoms with Crippen molar-refractivity contribution in [2.45, 2.75) is 19.3 Å². The maximum Gasteiger partial charge on any atom is 0.277 e. The fourth-order valence-corrected chi connectivity index (χ4v) is 3.59. The Balaban J connectivity index is 1.65. The number of carbonyl (C=O) groups excluding carboxylic acids is 1. The molecule has 0 saturated carbocycles. The maximum atomic E-state index is 12.0. The highest BCUT2D eigenvalue weighted by Crippen LogP contribution is 2.28. The molecule has 158 valence electrons. The SMILES string of the molecule is O=C(COc1ccc(Cl)cc1Cl)N/N=C/c1cc([N+](=O)[O-])ccc1N1CCCCC1. The van der Waals surface area contributed by atoms with Crippen LogP contribution in [0.1, 0.15) is 24.8 Å². The van der Waals surface area contributed by atoms with E-state index >= 15 is 0 Å². The predicted octanol–water partition coefficient (Wildman–Crippen LogP) is 4.42. The number of rotatable bonds is 7. The van der Waals surface area contributed by atoms with Crippen molar-refractivity contribution in [2.75, 3.05) is 24.6 Å². The van der Waals surface area contributed by atoms with Crippen molar-refractivity contribution in [1.82, 2.24) is 5.43 Å². The van der Waals surface area contributed by atoms with E-state index in [9.17, 15) is 14.9 Å². The van der Waals surface area contributed by atoms with Gasteiger partial charge >= 0.3 is 0 Å². The predicted molar refractivity (Wildman–Crippen MR) is 117 cm³/mol. The lowest BCUT2D eigenvalue weighted by Crippen LogP contribution is -2.30. The quantitative estimate of drug-likeness (QED) is 0.382. The highest BCUT2D eigenvalue weighted by molar-refractivity contribution is 6.35. The second-order valence-electron chi connectivity index (χ2n) is 6.70. The number of hydrogen-bond donors (Lipinski definition) is 1. The van der Waals surface area contributed by atoms with Crippen molar-refractivity contribution in [3.63, 3.8) is 0 Å². The number of carbonyl (C=O) groups is 1. The van der Waals surface area contributed by atoms with Crippen LogP contribution in [0.4, 0.5) is 11.4 Å². The number of non-ortho nitro benzene ring substituents is 1. The zero-order valence-electron chi connectivity index (χ0n) is 16.0. The summed E-state index contributed by atoms with van der Waals surface area (Å²) in [5.41, 5.74) is 3.73. The van der Waals surface area contributed by atoms with E-state index in [-0.39, 0.29) is 12.3 Å². The number of nitrogens with one attached hydrogen (secondary N) is 1. The summed E-state index contributed by atoms with van der Waals surface area (Å²) in [6.45, 7) is 1.45. The van der Waals surface area contributed by atoms with Gasteiger partial charge in [-0.05, 0) is 43.5 Å². The average molecular weight is 451 g/mol. The second kappa shape index (κ2) is 10.3. The fraction of sp³-hybridized carbons (Fsp3) is 0.300. The van der Waals surface area contributed by atoms with Crippen molar-refractivity contribution < 1.29 is 14.5 Å². The largest absolute Gasteiger partial charge is 0.482 e. The molecule has 1 saturated heterocycles. The van der Waals surface area contributed by atoms with Crippen molar-refractivity contribution in [3.8, 4) is 5.75 Å². The van der Waals surface area contributed by atoms with Crippen LogP contribution in [0.5, 0.6) is 5.75 Å². The fourth-order valence-electron chi connectivity index (χ4n) is 3.12. The molecule has 1 amide bonds. The first kappa shape index (κ1) is 21.9. The number of halogens is 2. The Kier molecular flexibility index (Phi) is 7.48. The van der Waals surface area contributed by atoms with Crippen LogP contribution >= 0.6 is 23.2 Å². The summed E-state index contributed by atoms with van der Waals surface area (Å²) in [7, 11) is 0. The van der Waals surface area contributed by atoms with E-state index in [1.807, 2.05) is 0 Å². The number of amides is 1. The summed E-state index contributed by atoms with van der Waals surface area (Å²) in [5, 5.41) is 15.8. The van der Waals surface area contributed by atoms with Gasteiger partial charge in [-0.25, -0.2) is 5.43 Å². The molecule has 2 aromatic rings. The Morgan fingerprint density at radius 1 is 1.20 bits per heavy atom. The van der Waals surface area contributed by atoms with Gasteiger partial charge in [-0.2, -0.15) is 5.10 Å². The molecule has 30 heavy (non-hydrogen) atoms. The third-order valence-corrected chi connectivity index (χ3v) is 5.09. The molecular formula is C20H20Cl2N4O4. The summed E-state index contributed by atoms with van der Waals surface area (Å²) < 4.78 is 5.35. The van der Waals surface area contributed by atoms with Gasteiger partial charge in [0, 0.05) is 41.5 Å². The molecule has 1 aliphatic heterocycles. The lowest BCUT2D eigenvalue weighted by molar-refractivity contribution is -0.384. The number of hydrazone groups is 1. The van der Waals surface area contributed by atoms with E-state index in [0.29, 0.717) is 21.4 Å². The van der Waals surface area contributed by atoms with Gasteiger partial charge in [0.25, 0.3) is 11.6 Å². The Morgan fingerprint density at radius 3 is 2.67 bits per heavy atom. The van der Waals surface area contributed by atoms with Crippen LogP contribution in [-0.2, 0) is 4.79 Å². The Morgan fingerprint density at radius 2 is 1.97 bits per heavy atom. The third-order valence-electron chi connectivity index (χ3n) is 4.56. The van der Waals surface area contributed by atoms with Gasteiger partial charge in [0.05, 0.1) is 16.2 Å². The van der Waals surface area contributed by atoms with E-state index in [1.165, 1.54) is 30.8 Å². The molecule has 0 aromatic heterocycles. The maximum absolute atomic E-state index is 12.0. The molecule has 8 nitrogen and oxygen atoms in total. The lowest BCUT2D eigenvalue weighted by atomic mass is 10.1. The number of benzene rings is 2. The van der Waals surface area contributed by atoms with Gasteiger partial charge in [-0.1, -0.05) is 23.2 Å². The number of hydrogen-bond acceptors (Lipinski definition) is 6. The zero-order chi connectivity index (χ0) is 21.5. The molecule has 1 N–H and O–H groups in total. The van der Waals surface area contributed by atoms with Crippen LogP contribution in [0, 0.1) is 10.1 Å². The van der Waals surface area contributed by atoms with Crippen LogP contribution in [0.15, 0.2) is 41.5 Å².